The van der Waals surface area contributed by atoms with E-state index in [0.717, 1.165) is 29.9 Å². The summed E-state index contributed by atoms with van der Waals surface area (Å²) < 4.78 is 1.90. The molecule has 0 radical (unpaired) electrons. The van der Waals surface area contributed by atoms with Crippen LogP contribution in [-0.2, 0) is 11.2 Å². The molecule has 21 heavy (non-hydrogen) atoms. The third-order valence-electron chi connectivity index (χ3n) is 4.02. The average molecular weight is 283 g/mol. The molecule has 3 rings (SSSR count). The summed E-state index contributed by atoms with van der Waals surface area (Å²) in [4.78, 5) is 12.6. The van der Waals surface area contributed by atoms with Crippen molar-refractivity contribution < 1.29 is 4.79 Å². The van der Waals surface area contributed by atoms with Crippen LogP contribution in [0.25, 0.3) is 0 Å². The maximum absolute atomic E-state index is 12.6. The zero-order valence-electron chi connectivity index (χ0n) is 12.5. The minimum atomic E-state index is -0.00773. The molecule has 0 fully saturated rings. The summed E-state index contributed by atoms with van der Waals surface area (Å²) in [5, 5.41) is 7.84. The van der Waals surface area contributed by atoms with Crippen molar-refractivity contribution in [3.8, 4) is 0 Å². The SMILES string of the molecule is CC(C)n1ccc(CC(=O)C2CCNc3ccccc32)n1. The molecule has 2 heterocycles. The van der Waals surface area contributed by atoms with Crippen LogP contribution in [-0.4, -0.2) is 22.1 Å². The van der Waals surface area contributed by atoms with Gasteiger partial charge >= 0.3 is 0 Å². The van der Waals surface area contributed by atoms with E-state index in [0.29, 0.717) is 12.5 Å². The molecule has 0 bridgehead atoms. The van der Waals surface area contributed by atoms with Gasteiger partial charge in [0.2, 0.25) is 0 Å². The van der Waals surface area contributed by atoms with Gasteiger partial charge in [0, 0.05) is 30.4 Å². The van der Waals surface area contributed by atoms with Crippen LogP contribution in [0.4, 0.5) is 5.69 Å². The van der Waals surface area contributed by atoms with Crippen LogP contribution in [0.15, 0.2) is 36.5 Å². The molecule has 1 unspecified atom stereocenters. The summed E-state index contributed by atoms with van der Waals surface area (Å²) in [6.45, 7) is 5.02. The van der Waals surface area contributed by atoms with E-state index in [1.54, 1.807) is 0 Å². The number of anilines is 1. The molecule has 1 N–H and O–H groups in total. The van der Waals surface area contributed by atoms with E-state index in [4.69, 9.17) is 0 Å². The molecule has 0 spiro atoms. The molecule has 4 nitrogen and oxygen atoms in total. The molecule has 2 aromatic rings. The second-order valence-electron chi connectivity index (χ2n) is 5.88. The van der Waals surface area contributed by atoms with Gasteiger partial charge in [-0.2, -0.15) is 5.10 Å². The molecule has 1 aromatic heterocycles. The normalized spacial score (nSPS) is 17.4. The van der Waals surface area contributed by atoms with E-state index in [9.17, 15) is 4.79 Å². The van der Waals surface area contributed by atoms with E-state index in [1.165, 1.54) is 0 Å². The number of rotatable bonds is 4. The van der Waals surface area contributed by atoms with Gasteiger partial charge in [0.1, 0.15) is 5.78 Å². The minimum Gasteiger partial charge on any atom is -0.385 e. The highest BCUT2D eigenvalue weighted by Crippen LogP contribution is 2.32. The Kier molecular flexibility index (Phi) is 3.78. The number of hydrogen-bond donors (Lipinski definition) is 1. The fraction of sp³-hybridized carbons (Fsp3) is 0.412. The number of Topliss-reactive ketones (excluding diaryl/α,β-unsaturated/α-hetero) is 1. The van der Waals surface area contributed by atoms with E-state index in [2.05, 4.69) is 30.3 Å². The lowest BCUT2D eigenvalue weighted by Gasteiger charge is -2.25. The Morgan fingerprint density at radius 2 is 2.19 bits per heavy atom. The summed E-state index contributed by atoms with van der Waals surface area (Å²) >= 11 is 0. The van der Waals surface area contributed by atoms with Crippen LogP contribution in [0, 0.1) is 0 Å². The molecule has 1 aromatic carbocycles. The molecule has 0 saturated carbocycles. The van der Waals surface area contributed by atoms with Crippen molar-refractivity contribution in [1.82, 2.24) is 9.78 Å². The van der Waals surface area contributed by atoms with Crippen LogP contribution in [0.5, 0.6) is 0 Å². The Morgan fingerprint density at radius 3 is 2.95 bits per heavy atom. The second-order valence-corrected chi connectivity index (χ2v) is 5.88. The lowest BCUT2D eigenvalue weighted by molar-refractivity contribution is -0.120. The molecule has 0 saturated heterocycles. The van der Waals surface area contributed by atoms with Gasteiger partial charge in [0.25, 0.3) is 0 Å². The molecule has 110 valence electrons. The number of ketones is 1. The number of nitrogens with one attached hydrogen (secondary N) is 1. The summed E-state index contributed by atoms with van der Waals surface area (Å²) in [6, 6.07) is 10.4. The van der Waals surface area contributed by atoms with Crippen molar-refractivity contribution in [2.75, 3.05) is 11.9 Å². The van der Waals surface area contributed by atoms with Gasteiger partial charge in [-0.3, -0.25) is 9.48 Å². The topological polar surface area (TPSA) is 46.9 Å². The number of carbonyl (C=O) groups is 1. The van der Waals surface area contributed by atoms with Gasteiger partial charge in [-0.05, 0) is 38.0 Å². The molecular weight excluding hydrogens is 262 g/mol. The van der Waals surface area contributed by atoms with Gasteiger partial charge in [-0.1, -0.05) is 18.2 Å². The third kappa shape index (κ3) is 2.84. The van der Waals surface area contributed by atoms with Gasteiger partial charge in [0.05, 0.1) is 12.1 Å². The van der Waals surface area contributed by atoms with Crippen LogP contribution >= 0.6 is 0 Å². The number of nitrogens with zero attached hydrogens (tertiary/aromatic N) is 2. The van der Waals surface area contributed by atoms with Crippen molar-refractivity contribution in [2.24, 2.45) is 0 Å². The lowest BCUT2D eigenvalue weighted by atomic mass is 9.86. The highest BCUT2D eigenvalue weighted by molar-refractivity contribution is 5.89. The maximum atomic E-state index is 12.6. The third-order valence-corrected chi connectivity index (χ3v) is 4.02. The predicted octanol–water partition coefficient (Wildman–Crippen LogP) is 3.18. The first kappa shape index (κ1) is 13.9. The lowest BCUT2D eigenvalue weighted by Crippen LogP contribution is -2.24. The first-order valence-electron chi connectivity index (χ1n) is 7.54. The maximum Gasteiger partial charge on any atom is 0.146 e. The van der Waals surface area contributed by atoms with Crippen molar-refractivity contribution in [1.29, 1.82) is 0 Å². The Bertz CT molecular complexity index is 645. The van der Waals surface area contributed by atoms with Crippen LogP contribution in [0.3, 0.4) is 0 Å². The summed E-state index contributed by atoms with van der Waals surface area (Å²) in [7, 11) is 0. The first-order valence-corrected chi connectivity index (χ1v) is 7.54. The van der Waals surface area contributed by atoms with Crippen LogP contribution in [0.1, 0.15) is 43.5 Å². The molecule has 1 aliphatic heterocycles. The Labute approximate surface area is 125 Å². The van der Waals surface area contributed by atoms with Gasteiger partial charge in [0.15, 0.2) is 0 Å². The smallest absolute Gasteiger partial charge is 0.146 e. The number of hydrogen-bond acceptors (Lipinski definition) is 3. The van der Waals surface area contributed by atoms with E-state index in [1.807, 2.05) is 35.1 Å². The zero-order chi connectivity index (χ0) is 14.8. The molecular formula is C17H21N3O. The standard InChI is InChI=1S/C17H21N3O/c1-12(2)20-10-8-13(19-20)11-17(21)15-7-9-18-16-6-4-3-5-14(15)16/h3-6,8,10,12,15,18H,7,9,11H2,1-2H3. The highest BCUT2D eigenvalue weighted by atomic mass is 16.1. The minimum absolute atomic E-state index is 0.00773. The first-order chi connectivity index (χ1) is 10.1. The van der Waals surface area contributed by atoms with Gasteiger partial charge in [-0.15, -0.1) is 0 Å². The van der Waals surface area contributed by atoms with Gasteiger partial charge in [-0.25, -0.2) is 0 Å². The fourth-order valence-corrected chi connectivity index (χ4v) is 2.86. The second kappa shape index (κ2) is 5.72. The molecule has 1 atom stereocenters. The Hall–Kier alpha value is -2.10. The average Bonchev–Trinajstić information content (AvgIpc) is 2.95. The van der Waals surface area contributed by atoms with Crippen molar-refractivity contribution >= 4 is 11.5 Å². The number of fused-ring (bicyclic) bond motifs is 1. The Balaban J connectivity index is 1.77. The molecule has 1 aliphatic rings. The molecule has 0 amide bonds. The monoisotopic (exact) mass is 283 g/mol. The molecule has 4 heteroatoms. The van der Waals surface area contributed by atoms with E-state index in [-0.39, 0.29) is 11.7 Å². The van der Waals surface area contributed by atoms with Crippen LogP contribution in [0.2, 0.25) is 0 Å². The van der Waals surface area contributed by atoms with Crippen LogP contribution < -0.4 is 5.32 Å². The van der Waals surface area contributed by atoms with Crippen molar-refractivity contribution in [3.05, 3.63) is 47.8 Å². The predicted molar refractivity (Wildman–Crippen MR) is 83.6 cm³/mol. The van der Waals surface area contributed by atoms with Crippen molar-refractivity contribution in [2.45, 2.75) is 38.6 Å². The number of carbonyl (C=O) groups excluding carboxylic acids is 1. The van der Waals surface area contributed by atoms with E-state index < -0.39 is 0 Å². The number of para-hydroxylation sites is 1. The largest absolute Gasteiger partial charge is 0.385 e. The number of benzene rings is 1. The Morgan fingerprint density at radius 1 is 1.38 bits per heavy atom. The fourth-order valence-electron chi connectivity index (χ4n) is 2.86. The summed E-state index contributed by atoms with van der Waals surface area (Å²) in [6.07, 6.45) is 3.23. The summed E-state index contributed by atoms with van der Waals surface area (Å²) in [5.41, 5.74) is 3.08. The van der Waals surface area contributed by atoms with Crippen molar-refractivity contribution in [3.63, 3.8) is 0 Å². The highest BCUT2D eigenvalue weighted by Gasteiger charge is 2.26. The summed E-state index contributed by atoms with van der Waals surface area (Å²) in [5.74, 6) is 0.254. The quantitative estimate of drug-likeness (QED) is 0.937. The number of aromatic nitrogens is 2. The van der Waals surface area contributed by atoms with E-state index >= 15 is 0 Å². The molecule has 0 aliphatic carbocycles. The zero-order valence-corrected chi connectivity index (χ0v) is 12.5. The van der Waals surface area contributed by atoms with Gasteiger partial charge < -0.3 is 5.32 Å².